The number of rotatable bonds is 5. The van der Waals surface area contributed by atoms with Gasteiger partial charge in [-0.1, -0.05) is 49.4 Å². The average Bonchev–Trinajstić information content (AvgIpc) is 2.94. The Morgan fingerprint density at radius 3 is 2.58 bits per heavy atom. The summed E-state index contributed by atoms with van der Waals surface area (Å²) in [6.45, 7) is 4.45. The third-order valence-electron chi connectivity index (χ3n) is 3.77. The van der Waals surface area contributed by atoms with Crippen molar-refractivity contribution in [2.45, 2.75) is 32.7 Å². The number of hydrogen-bond donors (Lipinski definition) is 2. The Morgan fingerprint density at radius 2 is 1.88 bits per heavy atom. The molecular weight excluding hydrogens is 306 g/mol. The van der Waals surface area contributed by atoms with Gasteiger partial charge in [-0.05, 0) is 11.5 Å². The average molecular weight is 325 g/mol. The summed E-state index contributed by atoms with van der Waals surface area (Å²) in [5, 5.41) is 8.26. The molecule has 3 rings (SSSR count). The van der Waals surface area contributed by atoms with Gasteiger partial charge in [-0.25, -0.2) is 9.48 Å². The second kappa shape index (κ2) is 6.66. The summed E-state index contributed by atoms with van der Waals surface area (Å²) in [5.74, 6) is -0.0000337. The summed E-state index contributed by atoms with van der Waals surface area (Å²) < 4.78 is 1.74. The number of benzene rings is 1. The number of aromatic nitrogens is 5. The fourth-order valence-corrected chi connectivity index (χ4v) is 2.74. The van der Waals surface area contributed by atoms with Crippen LogP contribution in [0.2, 0.25) is 0 Å². The lowest BCUT2D eigenvalue weighted by Crippen LogP contribution is -2.29. The molecule has 3 aromatic rings. The molecule has 0 fully saturated rings. The Hall–Kier alpha value is -2.96. The third-order valence-corrected chi connectivity index (χ3v) is 3.77. The Balaban J connectivity index is 1.85. The van der Waals surface area contributed by atoms with E-state index in [-0.39, 0.29) is 11.5 Å². The smallest absolute Gasteiger partial charge is 0.311 e. The van der Waals surface area contributed by atoms with Crippen molar-refractivity contribution in [2.75, 3.05) is 0 Å². The van der Waals surface area contributed by atoms with E-state index in [2.05, 4.69) is 20.3 Å². The summed E-state index contributed by atoms with van der Waals surface area (Å²) in [7, 11) is 0. The second-order valence-corrected chi connectivity index (χ2v) is 6.03. The Labute approximate surface area is 138 Å². The van der Waals surface area contributed by atoms with Crippen LogP contribution in [0.5, 0.6) is 0 Å². The van der Waals surface area contributed by atoms with E-state index >= 15 is 0 Å². The van der Waals surface area contributed by atoms with E-state index in [0.29, 0.717) is 29.9 Å². The van der Waals surface area contributed by atoms with Gasteiger partial charge in [0, 0.05) is 23.9 Å². The lowest BCUT2D eigenvalue weighted by Gasteiger charge is -2.09. The van der Waals surface area contributed by atoms with Gasteiger partial charge in [-0.15, -0.1) is 5.10 Å². The van der Waals surface area contributed by atoms with Gasteiger partial charge >= 0.3 is 5.69 Å². The zero-order valence-electron chi connectivity index (χ0n) is 13.6. The van der Waals surface area contributed by atoms with E-state index in [9.17, 15) is 9.59 Å². The van der Waals surface area contributed by atoms with Crippen molar-refractivity contribution in [3.05, 3.63) is 79.9 Å². The van der Waals surface area contributed by atoms with Crippen LogP contribution in [0.15, 0.2) is 46.1 Å². The molecule has 7 nitrogen and oxygen atoms in total. The largest absolute Gasteiger partial charge is 0.325 e. The second-order valence-electron chi connectivity index (χ2n) is 6.03. The Kier molecular flexibility index (Phi) is 4.41. The zero-order chi connectivity index (χ0) is 17.1. The van der Waals surface area contributed by atoms with Gasteiger partial charge in [-0.3, -0.25) is 9.78 Å². The van der Waals surface area contributed by atoms with Gasteiger partial charge in [0.05, 0.1) is 12.2 Å². The fourth-order valence-electron chi connectivity index (χ4n) is 2.74. The minimum atomic E-state index is -0.504. The predicted molar refractivity (Wildman–Crippen MR) is 90.1 cm³/mol. The van der Waals surface area contributed by atoms with Crippen LogP contribution in [0.4, 0.5) is 0 Å². The highest BCUT2D eigenvalue weighted by atomic mass is 16.2. The van der Waals surface area contributed by atoms with Crippen molar-refractivity contribution < 1.29 is 0 Å². The van der Waals surface area contributed by atoms with Gasteiger partial charge < -0.3 is 4.98 Å². The summed E-state index contributed by atoms with van der Waals surface area (Å²) in [6.07, 6.45) is 2.19. The molecule has 7 heteroatoms. The highest BCUT2D eigenvalue weighted by Gasteiger charge is 2.15. The lowest BCUT2D eigenvalue weighted by atomic mass is 10.0. The molecular formula is C17H19N5O2. The van der Waals surface area contributed by atoms with Crippen LogP contribution in [0.25, 0.3) is 0 Å². The summed E-state index contributed by atoms with van der Waals surface area (Å²) >= 11 is 0. The van der Waals surface area contributed by atoms with Crippen LogP contribution in [0, 0.1) is 0 Å². The van der Waals surface area contributed by atoms with E-state index in [4.69, 9.17) is 0 Å². The standard InChI is InChI=1S/C17H19N5O2/c1-11(2)15-14(18-17(24)19-16(15)23)8-13-10-22(21-20-13)9-12-6-4-3-5-7-12/h3-7,10-11H,8-9H2,1-2H3,(H2,18,19,23,24). The van der Waals surface area contributed by atoms with Gasteiger partial charge in [-0.2, -0.15) is 0 Å². The summed E-state index contributed by atoms with van der Waals surface area (Å²) in [6, 6.07) is 9.96. The Bertz CT molecular complexity index is 937. The van der Waals surface area contributed by atoms with Crippen molar-refractivity contribution in [2.24, 2.45) is 0 Å². The molecule has 0 saturated carbocycles. The van der Waals surface area contributed by atoms with Gasteiger partial charge in [0.25, 0.3) is 5.56 Å². The first-order valence-corrected chi connectivity index (χ1v) is 7.81. The lowest BCUT2D eigenvalue weighted by molar-refractivity contribution is 0.649. The minimum absolute atomic E-state index is 0.0000337. The van der Waals surface area contributed by atoms with E-state index in [0.717, 1.165) is 5.56 Å². The minimum Gasteiger partial charge on any atom is -0.311 e. The third kappa shape index (κ3) is 3.51. The topological polar surface area (TPSA) is 96.4 Å². The quantitative estimate of drug-likeness (QED) is 0.741. The highest BCUT2D eigenvalue weighted by molar-refractivity contribution is 5.24. The molecule has 1 aromatic carbocycles. The molecule has 0 aliphatic carbocycles. The molecule has 0 aliphatic heterocycles. The highest BCUT2D eigenvalue weighted by Crippen LogP contribution is 2.15. The molecule has 0 atom stereocenters. The van der Waals surface area contributed by atoms with Crippen molar-refractivity contribution in [3.63, 3.8) is 0 Å². The molecule has 2 heterocycles. The SMILES string of the molecule is CC(C)c1c(Cc2cn(Cc3ccccc3)nn2)[nH]c(=O)[nH]c1=O. The van der Waals surface area contributed by atoms with Crippen molar-refractivity contribution in [3.8, 4) is 0 Å². The first-order valence-electron chi connectivity index (χ1n) is 7.81. The molecule has 124 valence electrons. The number of H-pyrrole nitrogens is 2. The van der Waals surface area contributed by atoms with Crippen LogP contribution in [0.3, 0.4) is 0 Å². The van der Waals surface area contributed by atoms with Gasteiger partial charge in [0.15, 0.2) is 0 Å². The van der Waals surface area contributed by atoms with Crippen LogP contribution >= 0.6 is 0 Å². The maximum absolute atomic E-state index is 12.0. The summed E-state index contributed by atoms with van der Waals surface area (Å²) in [4.78, 5) is 28.6. The first-order chi connectivity index (χ1) is 11.5. The van der Waals surface area contributed by atoms with Crippen molar-refractivity contribution >= 4 is 0 Å². The molecule has 0 bridgehead atoms. The van der Waals surface area contributed by atoms with Gasteiger partial charge in [0.1, 0.15) is 0 Å². The molecule has 0 aliphatic rings. The molecule has 0 unspecified atom stereocenters. The zero-order valence-corrected chi connectivity index (χ0v) is 13.6. The summed E-state index contributed by atoms with van der Waals surface area (Å²) in [5.41, 5.74) is 2.14. The molecule has 0 amide bonds. The van der Waals surface area contributed by atoms with Crippen molar-refractivity contribution in [1.29, 1.82) is 0 Å². The first kappa shape index (κ1) is 15.9. The molecule has 0 radical (unpaired) electrons. The van der Waals surface area contributed by atoms with E-state index in [1.54, 1.807) is 4.68 Å². The van der Waals surface area contributed by atoms with E-state index in [1.165, 1.54) is 0 Å². The van der Waals surface area contributed by atoms with E-state index < -0.39 is 5.69 Å². The molecule has 0 spiro atoms. The molecule has 2 aromatic heterocycles. The number of nitrogens with one attached hydrogen (secondary N) is 2. The number of aromatic amines is 2. The molecule has 2 N–H and O–H groups in total. The van der Waals surface area contributed by atoms with Gasteiger partial charge in [0.2, 0.25) is 0 Å². The fraction of sp³-hybridized carbons (Fsp3) is 0.294. The Morgan fingerprint density at radius 1 is 1.12 bits per heavy atom. The number of hydrogen-bond acceptors (Lipinski definition) is 4. The number of nitrogens with zero attached hydrogens (tertiary/aromatic N) is 3. The van der Waals surface area contributed by atoms with Crippen LogP contribution in [-0.2, 0) is 13.0 Å². The predicted octanol–water partition coefficient (Wildman–Crippen LogP) is 1.42. The van der Waals surface area contributed by atoms with Crippen LogP contribution in [0.1, 0.15) is 42.3 Å². The monoisotopic (exact) mass is 325 g/mol. The maximum atomic E-state index is 12.0. The molecule has 24 heavy (non-hydrogen) atoms. The normalized spacial score (nSPS) is 11.1. The van der Waals surface area contributed by atoms with Crippen LogP contribution < -0.4 is 11.2 Å². The molecule has 0 saturated heterocycles. The van der Waals surface area contributed by atoms with Crippen molar-refractivity contribution in [1.82, 2.24) is 25.0 Å². The van der Waals surface area contributed by atoms with E-state index in [1.807, 2.05) is 50.4 Å². The maximum Gasteiger partial charge on any atom is 0.325 e. The van der Waals surface area contributed by atoms with Crippen LogP contribution in [-0.4, -0.2) is 25.0 Å².